The standard InChI is InChI=1S/C22H29N5OS/c1-4-15(13-23-5-2)19-17-11-12-18-21(29-22(25-18)24-14(3)28)20(17)27(26-19)16-9-7-6-8-10-16/h4,13,16H,5-12H2,1-3H3,(H,24,25,28)/b15-4+,23-13?. The van der Waals surface area contributed by atoms with E-state index in [9.17, 15) is 4.79 Å². The summed E-state index contributed by atoms with van der Waals surface area (Å²) in [5.74, 6) is -0.0789. The molecule has 0 spiro atoms. The maximum Gasteiger partial charge on any atom is 0.223 e. The molecule has 0 atom stereocenters. The van der Waals surface area contributed by atoms with Gasteiger partial charge in [0.05, 0.1) is 28.0 Å². The van der Waals surface area contributed by atoms with Gasteiger partial charge >= 0.3 is 0 Å². The van der Waals surface area contributed by atoms with Gasteiger partial charge in [-0.25, -0.2) is 4.98 Å². The molecule has 0 saturated heterocycles. The third kappa shape index (κ3) is 3.92. The van der Waals surface area contributed by atoms with Crippen LogP contribution >= 0.6 is 11.3 Å². The second-order valence-electron chi connectivity index (χ2n) is 7.76. The van der Waals surface area contributed by atoms with Crippen LogP contribution < -0.4 is 5.32 Å². The number of aromatic nitrogens is 3. The fourth-order valence-electron chi connectivity index (χ4n) is 4.38. The average Bonchev–Trinajstić information content (AvgIpc) is 3.30. The van der Waals surface area contributed by atoms with Crippen molar-refractivity contribution in [3.63, 3.8) is 0 Å². The summed E-state index contributed by atoms with van der Waals surface area (Å²) >= 11 is 1.58. The van der Waals surface area contributed by atoms with Crippen LogP contribution in [0.2, 0.25) is 0 Å². The molecule has 29 heavy (non-hydrogen) atoms. The zero-order valence-electron chi connectivity index (χ0n) is 17.5. The summed E-state index contributed by atoms with van der Waals surface area (Å²) in [5, 5.41) is 8.71. The van der Waals surface area contributed by atoms with E-state index in [1.54, 1.807) is 11.3 Å². The summed E-state index contributed by atoms with van der Waals surface area (Å²) < 4.78 is 2.28. The minimum atomic E-state index is -0.0789. The first kappa shape index (κ1) is 20.0. The van der Waals surface area contributed by atoms with Gasteiger partial charge in [0, 0.05) is 30.8 Å². The van der Waals surface area contributed by atoms with Gasteiger partial charge in [-0.15, -0.1) is 0 Å². The van der Waals surface area contributed by atoms with Gasteiger partial charge in [0.2, 0.25) is 5.91 Å². The van der Waals surface area contributed by atoms with E-state index in [4.69, 9.17) is 10.1 Å². The monoisotopic (exact) mass is 411 g/mol. The Bertz CT molecular complexity index is 962. The zero-order chi connectivity index (χ0) is 20.4. The molecule has 2 heterocycles. The number of thiazole rings is 1. The normalized spacial score (nSPS) is 17.4. The molecule has 0 aliphatic heterocycles. The first-order valence-electron chi connectivity index (χ1n) is 10.7. The fraction of sp³-hybridized carbons (Fsp3) is 0.545. The predicted molar refractivity (Wildman–Crippen MR) is 120 cm³/mol. The summed E-state index contributed by atoms with van der Waals surface area (Å²) in [6.45, 7) is 6.40. The summed E-state index contributed by atoms with van der Waals surface area (Å²) in [6.07, 6.45) is 12.0. The van der Waals surface area contributed by atoms with Crippen molar-refractivity contribution >= 4 is 34.2 Å². The molecule has 0 bridgehead atoms. The van der Waals surface area contributed by atoms with Crippen LogP contribution in [0.1, 0.15) is 75.9 Å². The molecule has 2 aromatic heterocycles. The quantitative estimate of drug-likeness (QED) is 0.699. The van der Waals surface area contributed by atoms with Crippen LogP contribution in [0.5, 0.6) is 0 Å². The van der Waals surface area contributed by atoms with Crippen molar-refractivity contribution < 1.29 is 4.79 Å². The Morgan fingerprint density at radius 2 is 2.10 bits per heavy atom. The van der Waals surface area contributed by atoms with Crippen LogP contribution in [-0.4, -0.2) is 33.4 Å². The predicted octanol–water partition coefficient (Wildman–Crippen LogP) is 5.06. The SMILES string of the molecule is C/C=C(\C=NCC)c1nn(C2CCCCC2)c2c1CCc1nc(NC(C)=O)sc1-2. The van der Waals surface area contributed by atoms with E-state index >= 15 is 0 Å². The molecular formula is C22H29N5OS. The van der Waals surface area contributed by atoms with E-state index in [0.717, 1.165) is 36.3 Å². The smallest absolute Gasteiger partial charge is 0.223 e. The maximum absolute atomic E-state index is 11.5. The number of anilines is 1. The fourth-order valence-corrected chi connectivity index (χ4v) is 5.51. The molecule has 2 aromatic rings. The first-order valence-corrected chi connectivity index (χ1v) is 11.5. The van der Waals surface area contributed by atoms with Crippen LogP contribution in [0.15, 0.2) is 11.1 Å². The minimum Gasteiger partial charge on any atom is -0.302 e. The molecular weight excluding hydrogens is 382 g/mol. The molecule has 4 rings (SSSR count). The lowest BCUT2D eigenvalue weighted by atomic mass is 9.93. The molecule has 1 saturated carbocycles. The Balaban J connectivity index is 1.85. The minimum absolute atomic E-state index is 0.0789. The summed E-state index contributed by atoms with van der Waals surface area (Å²) in [6, 6.07) is 0.435. The number of allylic oxidation sites excluding steroid dienone is 2. The molecule has 1 N–H and O–H groups in total. The molecule has 0 unspecified atom stereocenters. The van der Waals surface area contributed by atoms with Gasteiger partial charge < -0.3 is 5.32 Å². The van der Waals surface area contributed by atoms with Gasteiger partial charge in [0.15, 0.2) is 5.13 Å². The van der Waals surface area contributed by atoms with E-state index in [1.807, 2.05) is 13.1 Å². The van der Waals surface area contributed by atoms with Crippen molar-refractivity contribution in [3.8, 4) is 10.6 Å². The van der Waals surface area contributed by atoms with Gasteiger partial charge in [-0.05, 0) is 39.5 Å². The van der Waals surface area contributed by atoms with E-state index < -0.39 is 0 Å². The summed E-state index contributed by atoms with van der Waals surface area (Å²) in [5.41, 5.74) is 5.75. The van der Waals surface area contributed by atoms with Crippen LogP contribution in [0, 0.1) is 0 Å². The number of amides is 1. The Hall–Kier alpha value is -2.28. The van der Waals surface area contributed by atoms with Crippen LogP contribution in [-0.2, 0) is 17.6 Å². The van der Waals surface area contributed by atoms with E-state index in [1.165, 1.54) is 55.2 Å². The van der Waals surface area contributed by atoms with E-state index in [0.29, 0.717) is 11.2 Å². The molecule has 6 nitrogen and oxygen atoms in total. The van der Waals surface area contributed by atoms with Crippen molar-refractivity contribution in [2.24, 2.45) is 4.99 Å². The molecule has 154 valence electrons. The second kappa shape index (κ2) is 8.61. The summed E-state index contributed by atoms with van der Waals surface area (Å²) in [4.78, 5) is 21.9. The lowest BCUT2D eigenvalue weighted by molar-refractivity contribution is -0.114. The number of hydrogen-bond donors (Lipinski definition) is 1. The third-order valence-corrected chi connectivity index (χ3v) is 6.75. The van der Waals surface area contributed by atoms with Gasteiger partial charge in [-0.2, -0.15) is 5.10 Å². The first-order chi connectivity index (χ1) is 14.1. The van der Waals surface area contributed by atoms with Gasteiger partial charge in [0.1, 0.15) is 0 Å². The molecule has 0 aromatic carbocycles. The van der Waals surface area contributed by atoms with Gasteiger partial charge in [-0.3, -0.25) is 14.5 Å². The zero-order valence-corrected chi connectivity index (χ0v) is 18.3. The number of nitrogens with one attached hydrogen (secondary N) is 1. The molecule has 0 radical (unpaired) electrons. The number of rotatable bonds is 5. The Labute approximate surface area is 176 Å². The molecule has 1 fully saturated rings. The molecule has 1 amide bonds. The van der Waals surface area contributed by atoms with Gasteiger partial charge in [0.25, 0.3) is 0 Å². The van der Waals surface area contributed by atoms with Crippen molar-refractivity contribution in [2.75, 3.05) is 11.9 Å². The van der Waals surface area contributed by atoms with Crippen molar-refractivity contribution in [1.29, 1.82) is 0 Å². The Morgan fingerprint density at radius 1 is 1.31 bits per heavy atom. The largest absolute Gasteiger partial charge is 0.302 e. The molecule has 2 aliphatic carbocycles. The number of fused-ring (bicyclic) bond motifs is 3. The van der Waals surface area contributed by atoms with Crippen LogP contribution in [0.4, 0.5) is 5.13 Å². The van der Waals surface area contributed by atoms with Crippen LogP contribution in [0.25, 0.3) is 16.1 Å². The highest BCUT2D eigenvalue weighted by atomic mass is 32.1. The number of carbonyl (C=O) groups excluding carboxylic acids is 1. The molecule has 7 heteroatoms. The van der Waals surface area contributed by atoms with Crippen molar-refractivity contribution in [3.05, 3.63) is 23.0 Å². The van der Waals surface area contributed by atoms with Gasteiger partial charge in [-0.1, -0.05) is 36.7 Å². The highest BCUT2D eigenvalue weighted by Crippen LogP contribution is 2.44. The van der Waals surface area contributed by atoms with E-state index in [2.05, 4.69) is 28.0 Å². The highest BCUT2D eigenvalue weighted by Gasteiger charge is 2.32. The van der Waals surface area contributed by atoms with Crippen molar-refractivity contribution in [2.45, 2.75) is 71.8 Å². The number of aryl methyl sites for hydroxylation is 1. The lowest BCUT2D eigenvalue weighted by Crippen LogP contribution is -2.16. The number of carbonyl (C=O) groups is 1. The second-order valence-corrected chi connectivity index (χ2v) is 8.76. The average molecular weight is 412 g/mol. The number of hydrogen-bond acceptors (Lipinski definition) is 5. The summed E-state index contributed by atoms with van der Waals surface area (Å²) in [7, 11) is 0. The Morgan fingerprint density at radius 3 is 2.79 bits per heavy atom. The lowest BCUT2D eigenvalue weighted by Gasteiger charge is -2.25. The third-order valence-electron chi connectivity index (χ3n) is 5.73. The number of aliphatic imine (C=N–C) groups is 1. The topological polar surface area (TPSA) is 72.2 Å². The van der Waals surface area contributed by atoms with E-state index in [-0.39, 0.29) is 5.91 Å². The Kier molecular flexibility index (Phi) is 5.94. The van der Waals surface area contributed by atoms with Crippen molar-refractivity contribution in [1.82, 2.24) is 14.8 Å². The molecule has 2 aliphatic rings. The number of nitrogens with zero attached hydrogens (tertiary/aromatic N) is 4. The maximum atomic E-state index is 11.5. The highest BCUT2D eigenvalue weighted by molar-refractivity contribution is 7.19. The van der Waals surface area contributed by atoms with Crippen LogP contribution in [0.3, 0.4) is 0 Å².